The van der Waals surface area contributed by atoms with Crippen molar-refractivity contribution in [2.75, 3.05) is 18.4 Å². The Morgan fingerprint density at radius 3 is 2.19 bits per heavy atom. The van der Waals surface area contributed by atoms with Crippen molar-refractivity contribution in [3.8, 4) is 5.69 Å². The minimum Gasteiger partial charge on any atom is -0.333 e. The van der Waals surface area contributed by atoms with Crippen LogP contribution in [-0.4, -0.2) is 39.6 Å². The molecule has 0 aliphatic carbocycles. The molecular weight excluding hydrogens is 388 g/mol. The molecule has 31 heavy (non-hydrogen) atoms. The zero-order valence-electron chi connectivity index (χ0n) is 18.6. The Hall–Kier alpha value is -3.41. The van der Waals surface area contributed by atoms with Crippen LogP contribution in [0, 0.1) is 0 Å². The SMILES string of the molecule is CCN(CC(=O)Nc1cc(C(C)(C)C)nn1-c1ccccc1)C(=O)Cc1ccccc1. The van der Waals surface area contributed by atoms with Gasteiger partial charge in [0.05, 0.1) is 24.3 Å². The van der Waals surface area contributed by atoms with E-state index in [0.717, 1.165) is 16.9 Å². The summed E-state index contributed by atoms with van der Waals surface area (Å²) in [6, 6.07) is 21.1. The minimum atomic E-state index is -0.249. The predicted octanol–water partition coefficient (Wildman–Crippen LogP) is 4.20. The normalized spacial score (nSPS) is 11.2. The third-order valence-corrected chi connectivity index (χ3v) is 5.01. The number of para-hydroxylation sites is 1. The number of rotatable bonds is 7. The molecule has 0 unspecified atom stereocenters. The van der Waals surface area contributed by atoms with Gasteiger partial charge in [0.25, 0.3) is 0 Å². The first-order chi connectivity index (χ1) is 14.8. The summed E-state index contributed by atoms with van der Waals surface area (Å²) in [5, 5.41) is 7.67. The number of carbonyl (C=O) groups excluding carboxylic acids is 2. The number of nitrogens with zero attached hydrogens (tertiary/aromatic N) is 3. The van der Waals surface area contributed by atoms with Crippen molar-refractivity contribution in [1.29, 1.82) is 0 Å². The Kier molecular flexibility index (Phi) is 6.90. The molecule has 0 saturated carbocycles. The molecule has 6 heteroatoms. The van der Waals surface area contributed by atoms with Gasteiger partial charge in [-0.15, -0.1) is 0 Å². The van der Waals surface area contributed by atoms with Crippen molar-refractivity contribution in [2.45, 2.75) is 39.5 Å². The predicted molar refractivity (Wildman–Crippen MR) is 123 cm³/mol. The van der Waals surface area contributed by atoms with Crippen molar-refractivity contribution in [3.63, 3.8) is 0 Å². The molecule has 1 aromatic heterocycles. The van der Waals surface area contributed by atoms with Gasteiger partial charge in [0.1, 0.15) is 5.82 Å². The van der Waals surface area contributed by atoms with E-state index in [1.165, 1.54) is 0 Å². The summed E-state index contributed by atoms with van der Waals surface area (Å²) in [7, 11) is 0. The van der Waals surface area contributed by atoms with E-state index in [-0.39, 0.29) is 30.2 Å². The molecule has 1 N–H and O–H groups in total. The third-order valence-electron chi connectivity index (χ3n) is 5.01. The van der Waals surface area contributed by atoms with Gasteiger partial charge in [0, 0.05) is 18.0 Å². The highest BCUT2D eigenvalue weighted by Gasteiger charge is 2.22. The third kappa shape index (κ3) is 5.81. The van der Waals surface area contributed by atoms with Gasteiger partial charge >= 0.3 is 0 Å². The molecule has 0 atom stereocenters. The van der Waals surface area contributed by atoms with Crippen LogP contribution in [0.25, 0.3) is 5.69 Å². The number of carbonyl (C=O) groups is 2. The molecule has 6 nitrogen and oxygen atoms in total. The first-order valence-corrected chi connectivity index (χ1v) is 10.6. The van der Waals surface area contributed by atoms with Crippen LogP contribution in [-0.2, 0) is 21.4 Å². The fourth-order valence-corrected chi connectivity index (χ4v) is 3.22. The van der Waals surface area contributed by atoms with Gasteiger partial charge in [-0.2, -0.15) is 5.10 Å². The van der Waals surface area contributed by atoms with Crippen molar-refractivity contribution in [3.05, 3.63) is 78.0 Å². The quantitative estimate of drug-likeness (QED) is 0.625. The van der Waals surface area contributed by atoms with Crippen LogP contribution < -0.4 is 5.32 Å². The lowest BCUT2D eigenvalue weighted by Crippen LogP contribution is -2.38. The molecule has 3 aromatic rings. The Morgan fingerprint density at radius 1 is 1.00 bits per heavy atom. The number of likely N-dealkylation sites (N-methyl/N-ethyl adjacent to an activating group) is 1. The molecule has 0 saturated heterocycles. The van der Waals surface area contributed by atoms with Crippen LogP contribution in [0.4, 0.5) is 5.82 Å². The number of hydrogen-bond acceptors (Lipinski definition) is 3. The second-order valence-corrected chi connectivity index (χ2v) is 8.53. The lowest BCUT2D eigenvalue weighted by atomic mass is 9.92. The van der Waals surface area contributed by atoms with E-state index in [2.05, 4.69) is 26.1 Å². The van der Waals surface area contributed by atoms with E-state index in [4.69, 9.17) is 5.10 Å². The zero-order chi connectivity index (χ0) is 22.4. The average molecular weight is 419 g/mol. The molecule has 1 heterocycles. The smallest absolute Gasteiger partial charge is 0.245 e. The monoisotopic (exact) mass is 418 g/mol. The maximum absolute atomic E-state index is 12.8. The Bertz CT molecular complexity index is 1020. The summed E-state index contributed by atoms with van der Waals surface area (Å²) in [5.41, 5.74) is 2.50. The lowest BCUT2D eigenvalue weighted by Gasteiger charge is -2.20. The van der Waals surface area contributed by atoms with E-state index in [1.807, 2.05) is 73.7 Å². The highest BCUT2D eigenvalue weighted by molar-refractivity contribution is 5.94. The molecule has 0 aliphatic heterocycles. The summed E-state index contributed by atoms with van der Waals surface area (Å²) in [5.74, 6) is 0.268. The number of aromatic nitrogens is 2. The van der Waals surface area contributed by atoms with Gasteiger partial charge in [0.15, 0.2) is 0 Å². The van der Waals surface area contributed by atoms with Gasteiger partial charge in [0.2, 0.25) is 11.8 Å². The Balaban J connectivity index is 1.75. The molecule has 3 rings (SSSR count). The van der Waals surface area contributed by atoms with Gasteiger partial charge in [-0.05, 0) is 24.6 Å². The summed E-state index contributed by atoms with van der Waals surface area (Å²) >= 11 is 0. The van der Waals surface area contributed by atoms with Gasteiger partial charge < -0.3 is 10.2 Å². The first kappa shape index (κ1) is 22.3. The number of benzene rings is 2. The number of anilines is 1. The molecule has 0 aliphatic rings. The first-order valence-electron chi connectivity index (χ1n) is 10.6. The van der Waals surface area contributed by atoms with Crippen molar-refractivity contribution >= 4 is 17.6 Å². The molecule has 2 aromatic carbocycles. The Labute approximate surface area is 183 Å². The number of hydrogen-bond donors (Lipinski definition) is 1. The molecule has 0 radical (unpaired) electrons. The molecule has 0 fully saturated rings. The summed E-state index contributed by atoms with van der Waals surface area (Å²) in [4.78, 5) is 27.1. The van der Waals surface area contributed by atoms with Crippen LogP contribution in [0.15, 0.2) is 66.7 Å². The minimum absolute atomic E-state index is 0.00696. The van der Waals surface area contributed by atoms with Gasteiger partial charge in [-0.25, -0.2) is 4.68 Å². The van der Waals surface area contributed by atoms with Crippen LogP contribution in [0.1, 0.15) is 39.0 Å². The molecule has 2 amide bonds. The highest BCUT2D eigenvalue weighted by Crippen LogP contribution is 2.26. The highest BCUT2D eigenvalue weighted by atomic mass is 16.2. The topological polar surface area (TPSA) is 67.2 Å². The summed E-state index contributed by atoms with van der Waals surface area (Å²) < 4.78 is 1.74. The Morgan fingerprint density at radius 2 is 1.61 bits per heavy atom. The summed E-state index contributed by atoms with van der Waals surface area (Å²) in [6.45, 7) is 8.57. The van der Waals surface area contributed by atoms with Crippen LogP contribution in [0.5, 0.6) is 0 Å². The van der Waals surface area contributed by atoms with E-state index < -0.39 is 0 Å². The molecule has 0 spiro atoms. The zero-order valence-corrected chi connectivity index (χ0v) is 18.6. The average Bonchev–Trinajstić information content (AvgIpc) is 3.17. The fraction of sp³-hybridized carbons (Fsp3) is 0.320. The van der Waals surface area contributed by atoms with Crippen LogP contribution in [0.3, 0.4) is 0 Å². The maximum Gasteiger partial charge on any atom is 0.245 e. The molecule has 162 valence electrons. The van der Waals surface area contributed by atoms with Crippen molar-refractivity contribution in [2.24, 2.45) is 0 Å². The van der Waals surface area contributed by atoms with Crippen LogP contribution >= 0.6 is 0 Å². The molecule has 0 bridgehead atoms. The number of nitrogens with one attached hydrogen (secondary N) is 1. The maximum atomic E-state index is 12.8. The van der Waals surface area contributed by atoms with Crippen molar-refractivity contribution < 1.29 is 9.59 Å². The standard InChI is InChI=1S/C25H30N4O2/c1-5-28(24(31)16-19-12-8-6-9-13-19)18-23(30)26-22-17-21(25(2,3)4)27-29(22)20-14-10-7-11-15-20/h6-15,17H,5,16,18H2,1-4H3,(H,26,30). The van der Waals surface area contributed by atoms with Crippen LogP contribution in [0.2, 0.25) is 0 Å². The van der Waals surface area contributed by atoms with E-state index in [0.29, 0.717) is 12.4 Å². The summed E-state index contributed by atoms with van der Waals surface area (Å²) in [6.07, 6.45) is 0.276. The van der Waals surface area contributed by atoms with Crippen molar-refractivity contribution in [1.82, 2.24) is 14.7 Å². The lowest BCUT2D eigenvalue weighted by molar-refractivity contribution is -0.133. The molecular formula is C25H30N4O2. The largest absolute Gasteiger partial charge is 0.333 e. The number of amides is 2. The second kappa shape index (κ2) is 9.60. The van der Waals surface area contributed by atoms with E-state index >= 15 is 0 Å². The van der Waals surface area contributed by atoms with Gasteiger partial charge in [-0.3, -0.25) is 9.59 Å². The van der Waals surface area contributed by atoms with Gasteiger partial charge in [-0.1, -0.05) is 69.3 Å². The van der Waals surface area contributed by atoms with E-state index in [1.54, 1.807) is 9.58 Å². The fourth-order valence-electron chi connectivity index (χ4n) is 3.22. The second-order valence-electron chi connectivity index (χ2n) is 8.53. The van der Waals surface area contributed by atoms with E-state index in [9.17, 15) is 9.59 Å².